The Morgan fingerprint density at radius 3 is 2.38 bits per heavy atom. The quantitative estimate of drug-likeness (QED) is 0.795. The number of nitrogens with zero attached hydrogens (tertiary/aromatic N) is 1. The van der Waals surface area contributed by atoms with Crippen LogP contribution in [0.1, 0.15) is 47.0 Å². The Hall–Kier alpha value is -0.570. The summed E-state index contributed by atoms with van der Waals surface area (Å²) in [6.45, 7) is 11.5. The molecule has 1 rings (SSSR count). The Bertz CT molecular complexity index is 227. The molecule has 1 aliphatic heterocycles. The van der Waals surface area contributed by atoms with E-state index in [0.717, 1.165) is 26.1 Å². The van der Waals surface area contributed by atoms with Gasteiger partial charge in [0.2, 0.25) is 5.91 Å². The first-order valence-electron chi connectivity index (χ1n) is 6.42. The van der Waals surface area contributed by atoms with Crippen LogP contribution in [-0.2, 0) is 4.79 Å². The molecule has 1 N–H and O–H groups in total. The average Bonchev–Trinajstić information content (AvgIpc) is 2.67. The lowest BCUT2D eigenvalue weighted by Crippen LogP contribution is -2.44. The van der Waals surface area contributed by atoms with E-state index in [0.29, 0.717) is 5.41 Å². The van der Waals surface area contributed by atoms with Crippen LogP contribution in [-0.4, -0.2) is 36.5 Å². The van der Waals surface area contributed by atoms with Crippen molar-refractivity contribution < 1.29 is 4.79 Å². The van der Waals surface area contributed by atoms with Crippen molar-refractivity contribution in [3.05, 3.63) is 0 Å². The summed E-state index contributed by atoms with van der Waals surface area (Å²) in [5.74, 6) is 0.270. The number of amides is 1. The Morgan fingerprint density at radius 1 is 1.31 bits per heavy atom. The van der Waals surface area contributed by atoms with Gasteiger partial charge in [-0.05, 0) is 38.1 Å². The largest absolute Gasteiger partial charge is 0.341 e. The summed E-state index contributed by atoms with van der Waals surface area (Å²) in [6, 6.07) is -0.0274. The maximum absolute atomic E-state index is 12.0. The van der Waals surface area contributed by atoms with E-state index in [-0.39, 0.29) is 11.9 Å². The third-order valence-electron chi connectivity index (χ3n) is 3.11. The lowest BCUT2D eigenvalue weighted by atomic mass is 9.92. The summed E-state index contributed by atoms with van der Waals surface area (Å²) in [7, 11) is 0. The number of carbonyl (C=O) groups excluding carboxylic acids is 1. The average molecular weight is 226 g/mol. The highest BCUT2D eigenvalue weighted by atomic mass is 16.2. The fourth-order valence-electron chi connectivity index (χ4n) is 1.96. The van der Waals surface area contributed by atoms with Crippen molar-refractivity contribution in [3.8, 4) is 0 Å². The molecule has 0 spiro atoms. The van der Waals surface area contributed by atoms with Crippen LogP contribution in [0.3, 0.4) is 0 Å². The lowest BCUT2D eigenvalue weighted by molar-refractivity contribution is -0.131. The van der Waals surface area contributed by atoms with Gasteiger partial charge in [-0.3, -0.25) is 4.79 Å². The molecule has 16 heavy (non-hydrogen) atoms. The van der Waals surface area contributed by atoms with Crippen LogP contribution in [0.2, 0.25) is 0 Å². The molecule has 3 heteroatoms. The Kier molecular flexibility index (Phi) is 4.78. The molecule has 0 aromatic rings. The van der Waals surface area contributed by atoms with Crippen LogP contribution in [0.25, 0.3) is 0 Å². The molecular weight excluding hydrogens is 200 g/mol. The molecule has 1 saturated heterocycles. The Labute approximate surface area is 99.6 Å². The second kappa shape index (κ2) is 5.67. The fraction of sp³-hybridized carbons (Fsp3) is 0.923. The van der Waals surface area contributed by atoms with E-state index in [1.807, 2.05) is 11.8 Å². The summed E-state index contributed by atoms with van der Waals surface area (Å²) >= 11 is 0. The number of rotatable bonds is 4. The number of carbonyl (C=O) groups is 1. The minimum atomic E-state index is -0.0274. The third-order valence-corrected chi connectivity index (χ3v) is 3.11. The maximum Gasteiger partial charge on any atom is 0.239 e. The van der Waals surface area contributed by atoms with E-state index < -0.39 is 0 Å². The van der Waals surface area contributed by atoms with Gasteiger partial charge in [0.25, 0.3) is 0 Å². The van der Waals surface area contributed by atoms with Gasteiger partial charge >= 0.3 is 0 Å². The predicted octanol–water partition coefficient (Wildman–Crippen LogP) is 2.02. The zero-order valence-electron chi connectivity index (χ0n) is 11.2. The minimum Gasteiger partial charge on any atom is -0.341 e. The molecule has 1 amide bonds. The highest BCUT2D eigenvalue weighted by Gasteiger charge is 2.22. The summed E-state index contributed by atoms with van der Waals surface area (Å²) in [4.78, 5) is 13.9. The van der Waals surface area contributed by atoms with Gasteiger partial charge in [0.1, 0.15) is 0 Å². The van der Waals surface area contributed by atoms with Gasteiger partial charge in [-0.15, -0.1) is 0 Å². The molecule has 0 radical (unpaired) electrons. The smallest absolute Gasteiger partial charge is 0.239 e. The van der Waals surface area contributed by atoms with Crippen molar-refractivity contribution in [2.24, 2.45) is 5.41 Å². The first kappa shape index (κ1) is 13.5. The summed E-state index contributed by atoms with van der Waals surface area (Å²) < 4.78 is 0. The van der Waals surface area contributed by atoms with Gasteiger partial charge in [-0.1, -0.05) is 20.8 Å². The van der Waals surface area contributed by atoms with Gasteiger partial charge in [0.15, 0.2) is 0 Å². The molecular formula is C13H26N2O. The molecule has 0 aromatic carbocycles. The highest BCUT2D eigenvalue weighted by Crippen LogP contribution is 2.17. The van der Waals surface area contributed by atoms with Crippen LogP contribution >= 0.6 is 0 Å². The molecule has 1 fully saturated rings. The van der Waals surface area contributed by atoms with E-state index in [1.165, 1.54) is 12.8 Å². The van der Waals surface area contributed by atoms with Crippen LogP contribution < -0.4 is 5.32 Å². The van der Waals surface area contributed by atoms with Gasteiger partial charge in [-0.25, -0.2) is 0 Å². The van der Waals surface area contributed by atoms with Crippen LogP contribution in [0.5, 0.6) is 0 Å². The topological polar surface area (TPSA) is 32.3 Å². The molecule has 1 heterocycles. The van der Waals surface area contributed by atoms with Crippen molar-refractivity contribution in [2.75, 3.05) is 19.6 Å². The molecule has 0 bridgehead atoms. The highest BCUT2D eigenvalue weighted by molar-refractivity contribution is 5.81. The van der Waals surface area contributed by atoms with Gasteiger partial charge < -0.3 is 10.2 Å². The van der Waals surface area contributed by atoms with Gasteiger partial charge in [0.05, 0.1) is 6.04 Å². The second-order valence-electron chi connectivity index (χ2n) is 6.02. The van der Waals surface area contributed by atoms with Crippen LogP contribution in [0, 0.1) is 5.41 Å². The van der Waals surface area contributed by atoms with Gasteiger partial charge in [-0.2, -0.15) is 0 Å². The first-order chi connectivity index (χ1) is 7.40. The predicted molar refractivity (Wildman–Crippen MR) is 67.4 cm³/mol. The van der Waals surface area contributed by atoms with Crippen LogP contribution in [0.4, 0.5) is 0 Å². The van der Waals surface area contributed by atoms with Crippen molar-refractivity contribution in [1.82, 2.24) is 10.2 Å². The molecule has 1 aliphatic rings. The number of likely N-dealkylation sites (tertiary alicyclic amines) is 1. The van der Waals surface area contributed by atoms with E-state index in [4.69, 9.17) is 0 Å². The van der Waals surface area contributed by atoms with E-state index in [9.17, 15) is 4.79 Å². The van der Waals surface area contributed by atoms with Crippen molar-refractivity contribution in [3.63, 3.8) is 0 Å². The van der Waals surface area contributed by atoms with Crippen molar-refractivity contribution >= 4 is 5.91 Å². The summed E-state index contributed by atoms with van der Waals surface area (Å²) in [5, 5.41) is 3.32. The Morgan fingerprint density at radius 2 is 1.88 bits per heavy atom. The first-order valence-corrected chi connectivity index (χ1v) is 6.42. The Balaban J connectivity index is 2.23. The molecule has 0 aromatic heterocycles. The van der Waals surface area contributed by atoms with Crippen LogP contribution in [0.15, 0.2) is 0 Å². The van der Waals surface area contributed by atoms with E-state index in [1.54, 1.807) is 0 Å². The number of hydrogen-bond acceptors (Lipinski definition) is 2. The minimum absolute atomic E-state index is 0.0274. The summed E-state index contributed by atoms with van der Waals surface area (Å²) in [5.41, 5.74) is 0.337. The molecule has 1 atom stereocenters. The third kappa shape index (κ3) is 4.52. The maximum atomic E-state index is 12.0. The number of nitrogens with one attached hydrogen (secondary N) is 1. The molecule has 0 saturated carbocycles. The molecule has 0 aliphatic carbocycles. The fourth-order valence-corrected chi connectivity index (χ4v) is 1.96. The number of hydrogen-bond donors (Lipinski definition) is 1. The van der Waals surface area contributed by atoms with Crippen molar-refractivity contribution in [1.29, 1.82) is 0 Å². The van der Waals surface area contributed by atoms with E-state index in [2.05, 4.69) is 26.1 Å². The molecule has 3 nitrogen and oxygen atoms in total. The SMILES string of the molecule is CC(NCCC(C)(C)C)C(=O)N1CCCC1. The zero-order valence-corrected chi connectivity index (χ0v) is 11.2. The van der Waals surface area contributed by atoms with Crippen molar-refractivity contribution in [2.45, 2.75) is 53.0 Å². The second-order valence-corrected chi connectivity index (χ2v) is 6.02. The summed E-state index contributed by atoms with van der Waals surface area (Å²) in [6.07, 6.45) is 3.44. The molecule has 1 unspecified atom stereocenters. The zero-order chi connectivity index (χ0) is 12.2. The van der Waals surface area contributed by atoms with Gasteiger partial charge in [0, 0.05) is 13.1 Å². The standard InChI is InChI=1S/C13H26N2O/c1-11(14-8-7-13(2,3)4)12(16)15-9-5-6-10-15/h11,14H,5-10H2,1-4H3. The normalized spacial score (nSPS) is 18.9. The lowest BCUT2D eigenvalue weighted by Gasteiger charge is -2.23. The monoisotopic (exact) mass is 226 g/mol. The molecule has 94 valence electrons. The van der Waals surface area contributed by atoms with E-state index >= 15 is 0 Å².